The summed E-state index contributed by atoms with van der Waals surface area (Å²) in [5.74, 6) is -0.927. The number of fused-ring (bicyclic) bond motifs is 1. The maximum absolute atomic E-state index is 12.0. The number of rotatable bonds is 3. The zero-order valence-electron chi connectivity index (χ0n) is 13.0. The van der Waals surface area contributed by atoms with Crippen molar-refractivity contribution in [3.63, 3.8) is 0 Å². The Balaban J connectivity index is 1.92. The summed E-state index contributed by atoms with van der Waals surface area (Å²) in [6.45, 7) is 6.26. The van der Waals surface area contributed by atoms with Crippen molar-refractivity contribution in [2.24, 2.45) is 11.1 Å². The van der Waals surface area contributed by atoms with E-state index < -0.39 is 29.7 Å². The van der Waals surface area contributed by atoms with Gasteiger partial charge in [0.15, 0.2) is 0 Å². The highest BCUT2D eigenvalue weighted by atomic mass is 32.2. The summed E-state index contributed by atoms with van der Waals surface area (Å²) in [7, 11) is 0. The molecule has 0 spiro atoms. The van der Waals surface area contributed by atoms with Crippen molar-refractivity contribution in [1.82, 2.24) is 4.90 Å². The first-order chi connectivity index (χ1) is 10.1. The van der Waals surface area contributed by atoms with E-state index in [1.54, 1.807) is 33.8 Å². The Kier molecular flexibility index (Phi) is 4.27. The van der Waals surface area contributed by atoms with Crippen molar-refractivity contribution in [3.8, 4) is 0 Å². The number of hydrogen-bond donors (Lipinski definition) is 1. The molecule has 2 aliphatic rings. The SMILES string of the molecule is CC(C)(C)C(=O)OCOC(=O)C1=CCS[C@@H]2N1C(=O)C2(C)N. The van der Waals surface area contributed by atoms with Crippen LogP contribution in [0.3, 0.4) is 0 Å². The van der Waals surface area contributed by atoms with Crippen LogP contribution in [-0.2, 0) is 23.9 Å². The Hall–Kier alpha value is -1.54. The Morgan fingerprint density at radius 2 is 2.09 bits per heavy atom. The van der Waals surface area contributed by atoms with Crippen LogP contribution in [0, 0.1) is 5.41 Å². The largest absolute Gasteiger partial charge is 0.427 e. The molecule has 0 aliphatic carbocycles. The number of nitrogens with zero attached hydrogens (tertiary/aromatic N) is 1. The van der Waals surface area contributed by atoms with Crippen LogP contribution in [0.15, 0.2) is 11.8 Å². The van der Waals surface area contributed by atoms with Gasteiger partial charge in [-0.05, 0) is 33.8 Å². The molecular weight excluding hydrogens is 308 g/mol. The Bertz CT molecular complexity index is 550. The van der Waals surface area contributed by atoms with E-state index in [-0.39, 0.29) is 17.0 Å². The van der Waals surface area contributed by atoms with Gasteiger partial charge in [-0.3, -0.25) is 14.5 Å². The molecule has 2 aliphatic heterocycles. The number of carbonyl (C=O) groups is 3. The van der Waals surface area contributed by atoms with Crippen LogP contribution in [0.4, 0.5) is 0 Å². The molecule has 0 bridgehead atoms. The van der Waals surface area contributed by atoms with E-state index in [1.807, 2.05) is 0 Å². The van der Waals surface area contributed by atoms with E-state index in [0.29, 0.717) is 5.75 Å². The van der Waals surface area contributed by atoms with Gasteiger partial charge in [-0.2, -0.15) is 0 Å². The minimum atomic E-state index is -0.969. The fourth-order valence-electron chi connectivity index (χ4n) is 2.08. The first kappa shape index (κ1) is 16.8. The van der Waals surface area contributed by atoms with Crippen molar-refractivity contribution >= 4 is 29.6 Å². The molecule has 2 atom stereocenters. The van der Waals surface area contributed by atoms with Gasteiger partial charge in [0.25, 0.3) is 5.91 Å². The average Bonchev–Trinajstić information content (AvgIpc) is 2.44. The maximum atomic E-state index is 12.0. The van der Waals surface area contributed by atoms with Crippen LogP contribution in [0.5, 0.6) is 0 Å². The van der Waals surface area contributed by atoms with E-state index in [1.165, 1.54) is 16.7 Å². The lowest BCUT2D eigenvalue weighted by Crippen LogP contribution is -2.76. The summed E-state index contributed by atoms with van der Waals surface area (Å²) >= 11 is 1.49. The van der Waals surface area contributed by atoms with Crippen LogP contribution in [0.25, 0.3) is 0 Å². The second-order valence-corrected chi connectivity index (χ2v) is 7.58. The number of carbonyl (C=O) groups excluding carboxylic acids is 3. The lowest BCUT2D eigenvalue weighted by atomic mass is 9.90. The molecule has 22 heavy (non-hydrogen) atoms. The van der Waals surface area contributed by atoms with Crippen molar-refractivity contribution in [2.45, 2.75) is 38.6 Å². The third kappa shape index (κ3) is 2.85. The van der Waals surface area contributed by atoms with Crippen molar-refractivity contribution in [3.05, 3.63) is 11.8 Å². The molecule has 2 rings (SSSR count). The van der Waals surface area contributed by atoms with Gasteiger partial charge in [-0.15, -0.1) is 11.8 Å². The van der Waals surface area contributed by atoms with E-state index in [0.717, 1.165) is 0 Å². The second kappa shape index (κ2) is 5.58. The van der Waals surface area contributed by atoms with Gasteiger partial charge in [-0.25, -0.2) is 4.79 Å². The van der Waals surface area contributed by atoms with E-state index >= 15 is 0 Å². The van der Waals surface area contributed by atoms with Gasteiger partial charge in [0.2, 0.25) is 6.79 Å². The molecule has 7 nitrogen and oxygen atoms in total. The molecule has 0 saturated carbocycles. The summed E-state index contributed by atoms with van der Waals surface area (Å²) in [5.41, 5.74) is 4.42. The van der Waals surface area contributed by atoms with Crippen LogP contribution in [-0.4, -0.2) is 46.2 Å². The zero-order valence-corrected chi connectivity index (χ0v) is 13.9. The first-order valence-corrected chi connectivity index (χ1v) is 7.90. The van der Waals surface area contributed by atoms with Crippen LogP contribution in [0.1, 0.15) is 27.7 Å². The van der Waals surface area contributed by atoms with Crippen LogP contribution >= 0.6 is 11.8 Å². The second-order valence-electron chi connectivity index (χ2n) is 6.46. The van der Waals surface area contributed by atoms with Crippen molar-refractivity contribution < 1.29 is 23.9 Å². The van der Waals surface area contributed by atoms with E-state index in [4.69, 9.17) is 15.2 Å². The number of amides is 1. The Labute approximate surface area is 133 Å². The molecule has 1 amide bonds. The molecule has 122 valence electrons. The number of thioether (sulfide) groups is 1. The third-order valence-corrected chi connectivity index (χ3v) is 4.79. The Morgan fingerprint density at radius 1 is 1.45 bits per heavy atom. The minimum Gasteiger partial charge on any atom is -0.427 e. The van der Waals surface area contributed by atoms with E-state index in [9.17, 15) is 14.4 Å². The lowest BCUT2D eigenvalue weighted by molar-refractivity contribution is -0.173. The third-order valence-electron chi connectivity index (χ3n) is 3.42. The van der Waals surface area contributed by atoms with Gasteiger partial charge < -0.3 is 15.2 Å². The number of esters is 2. The van der Waals surface area contributed by atoms with Crippen molar-refractivity contribution in [1.29, 1.82) is 0 Å². The predicted molar refractivity (Wildman–Crippen MR) is 80.3 cm³/mol. The van der Waals surface area contributed by atoms with Crippen molar-refractivity contribution in [2.75, 3.05) is 12.5 Å². The fraction of sp³-hybridized carbons (Fsp3) is 0.643. The molecule has 1 saturated heterocycles. The molecular formula is C14H20N2O5S. The lowest BCUT2D eigenvalue weighted by Gasteiger charge is -2.53. The topological polar surface area (TPSA) is 98.9 Å². The van der Waals surface area contributed by atoms with Crippen LogP contribution in [0.2, 0.25) is 0 Å². The monoisotopic (exact) mass is 328 g/mol. The molecule has 0 aromatic carbocycles. The number of β-lactam (4-membered cyclic amide) rings is 1. The maximum Gasteiger partial charge on any atom is 0.357 e. The molecule has 1 unspecified atom stereocenters. The van der Waals surface area contributed by atoms with Gasteiger partial charge in [0, 0.05) is 5.75 Å². The summed E-state index contributed by atoms with van der Waals surface area (Å²) in [6, 6.07) is 0. The molecule has 8 heteroatoms. The highest BCUT2D eigenvalue weighted by Gasteiger charge is 2.58. The summed E-state index contributed by atoms with van der Waals surface area (Å²) < 4.78 is 9.80. The normalized spacial score (nSPS) is 27.5. The average molecular weight is 328 g/mol. The minimum absolute atomic E-state index is 0.156. The number of nitrogens with two attached hydrogens (primary N) is 1. The zero-order chi connectivity index (χ0) is 16.7. The molecule has 0 aromatic heterocycles. The van der Waals surface area contributed by atoms with Gasteiger partial charge in [0.05, 0.1) is 5.41 Å². The van der Waals surface area contributed by atoms with Gasteiger partial charge in [-0.1, -0.05) is 0 Å². The molecule has 0 radical (unpaired) electrons. The van der Waals surface area contributed by atoms with Crippen LogP contribution < -0.4 is 5.73 Å². The molecule has 2 N–H and O–H groups in total. The predicted octanol–water partition coefficient (Wildman–Crippen LogP) is 0.593. The molecule has 2 heterocycles. The quantitative estimate of drug-likeness (QED) is 0.460. The summed E-state index contributed by atoms with van der Waals surface area (Å²) in [6.07, 6.45) is 1.61. The Morgan fingerprint density at radius 3 is 2.68 bits per heavy atom. The highest BCUT2D eigenvalue weighted by molar-refractivity contribution is 8.00. The molecule has 1 fully saturated rings. The molecule has 0 aromatic rings. The summed E-state index contributed by atoms with van der Waals surface area (Å²) in [4.78, 5) is 37.0. The summed E-state index contributed by atoms with van der Waals surface area (Å²) in [5, 5.41) is -0.273. The first-order valence-electron chi connectivity index (χ1n) is 6.85. The van der Waals surface area contributed by atoms with E-state index in [2.05, 4.69) is 0 Å². The highest BCUT2D eigenvalue weighted by Crippen LogP contribution is 2.42. The number of hydrogen-bond acceptors (Lipinski definition) is 7. The van der Waals surface area contributed by atoms with Gasteiger partial charge in [0.1, 0.15) is 16.6 Å². The standard InChI is InChI=1S/C14H20N2O5S/c1-13(2,3)12(19)21-7-20-9(17)8-5-6-22-11-14(4,15)10(18)16(8)11/h5,11H,6-7,15H2,1-4H3/t11-,14?/m0/s1. The smallest absolute Gasteiger partial charge is 0.357 e. The fourth-order valence-corrected chi connectivity index (χ4v) is 3.32. The number of ether oxygens (including phenoxy) is 2. The van der Waals surface area contributed by atoms with Gasteiger partial charge >= 0.3 is 11.9 Å².